The largest absolute Gasteiger partial charge is 0.490 e. The lowest BCUT2D eigenvalue weighted by Crippen LogP contribution is -2.24. The Labute approximate surface area is 149 Å². The van der Waals surface area contributed by atoms with Gasteiger partial charge in [-0.1, -0.05) is 38.0 Å². The van der Waals surface area contributed by atoms with Crippen molar-refractivity contribution in [1.29, 1.82) is 0 Å². The van der Waals surface area contributed by atoms with E-state index in [9.17, 15) is 0 Å². The van der Waals surface area contributed by atoms with Crippen molar-refractivity contribution < 1.29 is 9.47 Å². The van der Waals surface area contributed by atoms with E-state index in [1.807, 2.05) is 0 Å². The van der Waals surface area contributed by atoms with Crippen LogP contribution < -0.4 is 4.74 Å². The molecule has 0 bridgehead atoms. The van der Waals surface area contributed by atoms with Crippen molar-refractivity contribution in [3.63, 3.8) is 0 Å². The fourth-order valence-corrected chi connectivity index (χ4v) is 2.56. The van der Waals surface area contributed by atoms with Crippen LogP contribution in [-0.2, 0) is 11.2 Å². The Bertz CT molecular complexity index is 471. The van der Waals surface area contributed by atoms with Crippen molar-refractivity contribution in [2.45, 2.75) is 78.7 Å². The van der Waals surface area contributed by atoms with Gasteiger partial charge in [0, 0.05) is 6.61 Å². The van der Waals surface area contributed by atoms with E-state index in [0.717, 1.165) is 44.5 Å². The summed E-state index contributed by atoms with van der Waals surface area (Å²) in [5.74, 6) is 0.946. The van der Waals surface area contributed by atoms with E-state index in [4.69, 9.17) is 9.47 Å². The normalized spacial score (nSPS) is 12.5. The number of rotatable bonds is 12. The highest BCUT2D eigenvalue weighted by Gasteiger charge is 2.17. The van der Waals surface area contributed by atoms with Crippen molar-refractivity contribution in [3.8, 4) is 5.75 Å². The van der Waals surface area contributed by atoms with Gasteiger partial charge in [-0.25, -0.2) is 0 Å². The molecule has 1 rings (SSSR count). The van der Waals surface area contributed by atoms with Gasteiger partial charge in [0.15, 0.2) is 0 Å². The van der Waals surface area contributed by atoms with Gasteiger partial charge in [-0.2, -0.15) is 0 Å². The Morgan fingerprint density at radius 3 is 2.42 bits per heavy atom. The smallest absolute Gasteiger partial charge is 0.119 e. The Kier molecular flexibility index (Phi) is 9.78. The van der Waals surface area contributed by atoms with Crippen LogP contribution in [0, 0.1) is 0 Å². The van der Waals surface area contributed by atoms with Crippen molar-refractivity contribution in [1.82, 2.24) is 0 Å². The van der Waals surface area contributed by atoms with Crippen LogP contribution in [0.15, 0.2) is 35.9 Å². The first-order valence-electron chi connectivity index (χ1n) is 9.48. The third-order valence-electron chi connectivity index (χ3n) is 4.35. The average Bonchev–Trinajstić information content (AvgIpc) is 2.55. The molecule has 2 heteroatoms. The van der Waals surface area contributed by atoms with Gasteiger partial charge in [0.2, 0.25) is 0 Å². The summed E-state index contributed by atoms with van der Waals surface area (Å²) in [6, 6.07) is 8.37. The summed E-state index contributed by atoms with van der Waals surface area (Å²) in [5.41, 5.74) is 2.73. The minimum atomic E-state index is -0.00697. The average molecular weight is 333 g/mol. The molecule has 0 spiro atoms. The summed E-state index contributed by atoms with van der Waals surface area (Å²) in [4.78, 5) is 0. The highest BCUT2D eigenvalue weighted by Crippen LogP contribution is 2.20. The summed E-state index contributed by atoms with van der Waals surface area (Å²) in [5, 5.41) is 0. The molecule has 1 aromatic carbocycles. The molecule has 0 saturated heterocycles. The molecule has 0 aliphatic rings. The number of aryl methyl sites for hydroxylation is 1. The lowest BCUT2D eigenvalue weighted by atomic mass is 9.99. The molecule has 0 aliphatic carbocycles. The summed E-state index contributed by atoms with van der Waals surface area (Å²) in [6.45, 7) is 12.5. The van der Waals surface area contributed by atoms with Gasteiger partial charge in [-0.3, -0.25) is 0 Å². The molecule has 0 heterocycles. The predicted molar refractivity (Wildman–Crippen MR) is 104 cm³/mol. The second kappa shape index (κ2) is 11.3. The molecule has 0 N–H and O–H groups in total. The van der Waals surface area contributed by atoms with Crippen LogP contribution in [0.3, 0.4) is 0 Å². The molecule has 0 radical (unpaired) electrons. The molecule has 0 unspecified atom stereocenters. The van der Waals surface area contributed by atoms with Gasteiger partial charge >= 0.3 is 0 Å². The molecular weight excluding hydrogens is 296 g/mol. The third-order valence-corrected chi connectivity index (χ3v) is 4.35. The zero-order valence-corrected chi connectivity index (χ0v) is 16.4. The second-order valence-electron chi connectivity index (χ2n) is 7.17. The summed E-state index contributed by atoms with van der Waals surface area (Å²) >= 11 is 0. The monoisotopic (exact) mass is 332 g/mol. The Morgan fingerprint density at radius 2 is 1.79 bits per heavy atom. The van der Waals surface area contributed by atoms with Crippen LogP contribution in [0.5, 0.6) is 5.75 Å². The van der Waals surface area contributed by atoms with Crippen molar-refractivity contribution in [3.05, 3.63) is 41.5 Å². The number of unbranched alkanes of at least 4 members (excludes halogenated alkanes) is 1. The summed E-state index contributed by atoms with van der Waals surface area (Å²) < 4.78 is 11.8. The van der Waals surface area contributed by atoms with Crippen molar-refractivity contribution in [2.75, 3.05) is 13.2 Å². The highest BCUT2D eigenvalue weighted by atomic mass is 16.5. The molecule has 0 aliphatic heterocycles. The van der Waals surface area contributed by atoms with Crippen molar-refractivity contribution in [2.24, 2.45) is 0 Å². The number of ether oxygens (including phenoxy) is 2. The minimum absolute atomic E-state index is 0.00697. The van der Waals surface area contributed by atoms with Gasteiger partial charge in [0.1, 0.15) is 12.4 Å². The molecule has 0 amide bonds. The molecular formula is C22H36O2. The number of hydrogen-bond donors (Lipinski definition) is 0. The zero-order valence-electron chi connectivity index (χ0n) is 16.4. The van der Waals surface area contributed by atoms with Crippen LogP contribution >= 0.6 is 0 Å². The standard InChI is InChI=1S/C22H36O2/c1-6-8-17-24-22(4,5)16-9-10-19(3)15-18-23-21-13-11-20(7-2)12-14-21/h11-15H,6-10,16-18H2,1-5H3. The quantitative estimate of drug-likeness (QED) is 0.328. The van der Waals surface area contributed by atoms with E-state index in [-0.39, 0.29) is 5.60 Å². The topological polar surface area (TPSA) is 18.5 Å². The minimum Gasteiger partial charge on any atom is -0.490 e. The first-order valence-corrected chi connectivity index (χ1v) is 9.48. The summed E-state index contributed by atoms with van der Waals surface area (Å²) in [6.07, 6.45) is 8.97. The van der Waals surface area contributed by atoms with Crippen LogP contribution in [-0.4, -0.2) is 18.8 Å². The molecule has 0 aromatic heterocycles. The van der Waals surface area contributed by atoms with Gasteiger partial charge in [-0.15, -0.1) is 0 Å². The van der Waals surface area contributed by atoms with Crippen LogP contribution in [0.4, 0.5) is 0 Å². The van der Waals surface area contributed by atoms with Gasteiger partial charge < -0.3 is 9.47 Å². The lowest BCUT2D eigenvalue weighted by Gasteiger charge is -2.25. The highest BCUT2D eigenvalue weighted by molar-refractivity contribution is 5.27. The zero-order chi connectivity index (χ0) is 17.8. The van der Waals surface area contributed by atoms with Gasteiger partial charge in [0.05, 0.1) is 5.60 Å². The fourth-order valence-electron chi connectivity index (χ4n) is 2.56. The van der Waals surface area contributed by atoms with Crippen molar-refractivity contribution >= 4 is 0 Å². The maximum atomic E-state index is 5.97. The maximum Gasteiger partial charge on any atom is 0.119 e. The van der Waals surface area contributed by atoms with Crippen LogP contribution in [0.25, 0.3) is 0 Å². The number of hydrogen-bond acceptors (Lipinski definition) is 2. The first kappa shape index (κ1) is 20.8. The maximum absolute atomic E-state index is 5.97. The molecule has 1 aromatic rings. The lowest BCUT2D eigenvalue weighted by molar-refractivity contribution is -0.0257. The molecule has 136 valence electrons. The third kappa shape index (κ3) is 9.12. The van der Waals surface area contributed by atoms with E-state index < -0.39 is 0 Å². The van der Waals surface area contributed by atoms with Crippen LogP contribution in [0.1, 0.15) is 72.3 Å². The molecule has 0 atom stereocenters. The number of benzene rings is 1. The van der Waals surface area contributed by atoms with E-state index in [1.165, 1.54) is 17.6 Å². The SMILES string of the molecule is CCCCOC(C)(C)CCCC(C)=CCOc1ccc(CC)cc1. The molecule has 2 nitrogen and oxygen atoms in total. The van der Waals surface area contributed by atoms with E-state index in [1.54, 1.807) is 0 Å². The van der Waals surface area contributed by atoms with Crippen LogP contribution in [0.2, 0.25) is 0 Å². The Balaban J connectivity index is 2.24. The molecule has 24 heavy (non-hydrogen) atoms. The summed E-state index contributed by atoms with van der Waals surface area (Å²) in [7, 11) is 0. The Hall–Kier alpha value is -1.28. The second-order valence-corrected chi connectivity index (χ2v) is 7.17. The van der Waals surface area contributed by atoms with E-state index in [0.29, 0.717) is 6.61 Å². The van der Waals surface area contributed by atoms with Gasteiger partial charge in [0.25, 0.3) is 0 Å². The molecule has 0 fully saturated rings. The van der Waals surface area contributed by atoms with Gasteiger partial charge in [-0.05, 0) is 76.6 Å². The predicted octanol–water partition coefficient (Wildman–Crippen LogP) is 6.34. The van der Waals surface area contributed by atoms with E-state index >= 15 is 0 Å². The fraction of sp³-hybridized carbons (Fsp3) is 0.636. The first-order chi connectivity index (χ1) is 11.5. The van der Waals surface area contributed by atoms with E-state index in [2.05, 4.69) is 65.0 Å². The number of allylic oxidation sites excluding steroid dienone is 1. The Morgan fingerprint density at radius 1 is 1.08 bits per heavy atom. The molecule has 0 saturated carbocycles.